The number of benzene rings is 2. The number of carbonyl (C=O) groups excluding carboxylic acids is 3. The van der Waals surface area contributed by atoms with Gasteiger partial charge in [-0.25, -0.2) is 4.79 Å². The topological polar surface area (TPSA) is 263 Å². The van der Waals surface area contributed by atoms with E-state index in [9.17, 15) is 19.2 Å². The quantitative estimate of drug-likeness (QED) is 0.0868. The van der Waals surface area contributed by atoms with Gasteiger partial charge in [0, 0.05) is 36.5 Å². The molecule has 16 nitrogen and oxygen atoms in total. The first-order chi connectivity index (χ1) is 27.2. The zero-order valence-corrected chi connectivity index (χ0v) is 32.3. The highest BCUT2D eigenvalue weighted by Crippen LogP contribution is 2.54. The molecule has 3 aromatic rings. The zero-order valence-electron chi connectivity index (χ0n) is 32.3. The van der Waals surface area contributed by atoms with E-state index in [1.54, 1.807) is 6.92 Å². The van der Waals surface area contributed by atoms with E-state index in [2.05, 4.69) is 26.3 Å². The van der Waals surface area contributed by atoms with E-state index in [1.165, 1.54) is 13.5 Å². The van der Waals surface area contributed by atoms with Gasteiger partial charge in [-0.15, -0.1) is 0 Å². The number of nitrogens with one attached hydrogen (secondary N) is 5. The maximum Gasteiger partial charge on any atom is 0.408 e. The highest BCUT2D eigenvalue weighted by molar-refractivity contribution is 5.91. The summed E-state index contributed by atoms with van der Waals surface area (Å²) >= 11 is 0. The number of ether oxygens (including phenoxy) is 1. The van der Waals surface area contributed by atoms with Crippen molar-refractivity contribution in [3.05, 3.63) is 71.9 Å². The van der Waals surface area contributed by atoms with Gasteiger partial charge in [0.1, 0.15) is 36.2 Å². The standard InChI is InChI=1S/C35H42N4O6.C6H15NO5/c1-35(18-26-19-36-28-10-6-5-9-27(26)28,39-34(44)45-32-24-14-21-13-22(16-24)17-25(32)15-21)33(43)37-20-29(23-7-3-2-4-8-23)38-30(40)11-12-31(41)42;1-7-6(12)5(11)4(10)3(9)2-8/h2-10,19,21-22,24-25,29,32,36H,11-18,20H2,1H3,(H,37,43)(H,38,40)(H,39,44)(H,41,42);3-12H,2H2,1H3/t21?,22?,24?,25?,29-,32?,35?;3-,4-,5+,6-/m01/s1. The summed E-state index contributed by atoms with van der Waals surface area (Å²) in [7, 11) is 1.38. The summed E-state index contributed by atoms with van der Waals surface area (Å²) < 4.78 is 6.13. The SMILES string of the molecule is CC(Cc1c[nH]c2ccccc12)(NC(=O)OC1C2CC3CC(C2)CC1C3)C(=O)NC[C@H](NC(=O)CCC(=O)O)c1ccccc1.CN[C@H](O)[C@@H](O)[C@H](O)[C@H](O)CO. The molecule has 0 radical (unpaired) electrons. The number of hydrogen-bond donors (Lipinski definition) is 11. The third-order valence-electron chi connectivity index (χ3n) is 11.6. The van der Waals surface area contributed by atoms with Crippen molar-refractivity contribution in [3.8, 4) is 0 Å². The average Bonchev–Trinajstić information content (AvgIpc) is 3.60. The van der Waals surface area contributed by atoms with Crippen molar-refractivity contribution in [2.24, 2.45) is 23.7 Å². The number of aliphatic hydroxyl groups is 5. The molecule has 4 fully saturated rings. The molecule has 1 heterocycles. The summed E-state index contributed by atoms with van der Waals surface area (Å²) in [6.07, 6.45) is 0.728. The third kappa shape index (κ3) is 11.3. The molecular formula is C41H57N5O11. The second-order valence-corrected chi connectivity index (χ2v) is 15.9. The van der Waals surface area contributed by atoms with Crippen LogP contribution in [-0.2, 0) is 25.5 Å². The first-order valence-electron chi connectivity index (χ1n) is 19.6. The van der Waals surface area contributed by atoms with Gasteiger partial charge in [0.15, 0.2) is 0 Å². The minimum Gasteiger partial charge on any atom is -0.481 e. The largest absolute Gasteiger partial charge is 0.481 e. The molecule has 6 atom stereocenters. The number of carboxylic acid groups (broad SMARTS) is 1. The summed E-state index contributed by atoms with van der Waals surface area (Å²) in [5.74, 6) is 0.351. The van der Waals surface area contributed by atoms with Gasteiger partial charge in [-0.2, -0.15) is 0 Å². The van der Waals surface area contributed by atoms with Crippen LogP contribution < -0.4 is 21.3 Å². The lowest BCUT2D eigenvalue weighted by molar-refractivity contribution is -0.138. The van der Waals surface area contributed by atoms with Crippen molar-refractivity contribution < 1.29 is 54.6 Å². The van der Waals surface area contributed by atoms with Crippen molar-refractivity contribution >= 4 is 34.8 Å². The van der Waals surface area contributed by atoms with Crippen LogP contribution in [0.4, 0.5) is 4.79 Å². The lowest BCUT2D eigenvalue weighted by atomic mass is 9.55. The van der Waals surface area contributed by atoms with Gasteiger partial charge in [0.05, 0.1) is 19.1 Å². The molecule has 1 unspecified atom stereocenters. The number of carbonyl (C=O) groups is 4. The van der Waals surface area contributed by atoms with Crippen LogP contribution in [0.2, 0.25) is 0 Å². The number of aromatic nitrogens is 1. The van der Waals surface area contributed by atoms with E-state index in [1.807, 2.05) is 60.8 Å². The van der Waals surface area contributed by atoms with Gasteiger partial charge in [-0.3, -0.25) is 19.7 Å². The lowest BCUT2D eigenvalue weighted by Crippen LogP contribution is -2.60. The number of para-hydroxylation sites is 1. The Bertz CT molecular complexity index is 1770. The Labute approximate surface area is 331 Å². The Morgan fingerprint density at radius 1 is 0.877 bits per heavy atom. The predicted octanol–water partition coefficient (Wildman–Crippen LogP) is 1.46. The fourth-order valence-electron chi connectivity index (χ4n) is 8.79. The third-order valence-corrected chi connectivity index (χ3v) is 11.6. The summed E-state index contributed by atoms with van der Waals surface area (Å²) in [5.41, 5.74) is 1.19. The first kappa shape index (κ1) is 43.5. The Hall–Kier alpha value is -4.58. The minimum absolute atomic E-state index is 0.0391. The van der Waals surface area contributed by atoms with Gasteiger partial charge in [-0.1, -0.05) is 48.5 Å². The number of alkyl carbamates (subject to hydrolysis) is 1. The van der Waals surface area contributed by atoms with Crippen LogP contribution in [-0.4, -0.2) is 116 Å². The van der Waals surface area contributed by atoms with Gasteiger partial charge in [0.2, 0.25) is 11.8 Å². The van der Waals surface area contributed by atoms with E-state index in [0.717, 1.165) is 59.5 Å². The van der Waals surface area contributed by atoms with E-state index >= 15 is 0 Å². The maximum absolute atomic E-state index is 14.1. The van der Waals surface area contributed by atoms with Crippen molar-refractivity contribution in [1.29, 1.82) is 0 Å². The maximum atomic E-state index is 14.1. The number of hydrogen-bond acceptors (Lipinski definition) is 11. The molecule has 0 spiro atoms. The average molecular weight is 796 g/mol. The normalized spacial score (nSPS) is 24.4. The minimum atomic E-state index is -1.57. The van der Waals surface area contributed by atoms with E-state index in [-0.39, 0.29) is 31.9 Å². The molecule has 4 saturated carbocycles. The molecule has 2 aromatic carbocycles. The second-order valence-electron chi connectivity index (χ2n) is 15.9. The Balaban J connectivity index is 0.000000448. The second kappa shape index (κ2) is 19.7. The number of H-pyrrole nitrogens is 1. The summed E-state index contributed by atoms with van der Waals surface area (Å²) in [4.78, 5) is 54.4. The van der Waals surface area contributed by atoms with Crippen molar-refractivity contribution in [3.63, 3.8) is 0 Å². The molecule has 3 amide bonds. The summed E-state index contributed by atoms with van der Waals surface area (Å²) in [6, 6.07) is 16.4. The zero-order chi connectivity index (χ0) is 41.3. The van der Waals surface area contributed by atoms with Crippen molar-refractivity contribution in [2.75, 3.05) is 20.2 Å². The molecule has 57 heavy (non-hydrogen) atoms. The first-order valence-corrected chi connectivity index (χ1v) is 19.6. The van der Waals surface area contributed by atoms with Crippen LogP contribution >= 0.6 is 0 Å². The number of rotatable bonds is 17. The van der Waals surface area contributed by atoms with Crippen LogP contribution in [0, 0.1) is 23.7 Å². The predicted molar refractivity (Wildman–Crippen MR) is 208 cm³/mol. The molecule has 11 N–H and O–H groups in total. The molecular weight excluding hydrogens is 738 g/mol. The number of aliphatic hydroxyl groups excluding tert-OH is 5. The summed E-state index contributed by atoms with van der Waals surface area (Å²) in [5, 5.41) is 65.2. The molecule has 7 rings (SSSR count). The molecule has 4 aliphatic rings. The number of fused-ring (bicyclic) bond motifs is 1. The Morgan fingerprint density at radius 3 is 2.12 bits per heavy atom. The molecule has 4 aliphatic carbocycles. The highest BCUT2D eigenvalue weighted by atomic mass is 16.6. The number of aromatic amines is 1. The van der Waals surface area contributed by atoms with Crippen molar-refractivity contribution in [1.82, 2.24) is 26.3 Å². The van der Waals surface area contributed by atoms with Crippen LogP contribution in [0.5, 0.6) is 0 Å². The Kier molecular flexibility index (Phi) is 15.1. The highest BCUT2D eigenvalue weighted by Gasteiger charge is 2.50. The van der Waals surface area contributed by atoms with E-state index < -0.39 is 66.6 Å². The number of amides is 3. The van der Waals surface area contributed by atoms with Crippen LogP contribution in [0.1, 0.15) is 69.0 Å². The fraction of sp³-hybridized carbons (Fsp3) is 0.561. The van der Waals surface area contributed by atoms with Crippen LogP contribution in [0.15, 0.2) is 60.8 Å². The van der Waals surface area contributed by atoms with Gasteiger partial charge in [0.25, 0.3) is 0 Å². The van der Waals surface area contributed by atoms with E-state index in [0.29, 0.717) is 11.8 Å². The Morgan fingerprint density at radius 2 is 1.51 bits per heavy atom. The smallest absolute Gasteiger partial charge is 0.408 e. The molecule has 1 aromatic heterocycles. The molecule has 16 heteroatoms. The fourth-order valence-corrected chi connectivity index (χ4v) is 8.79. The molecule has 0 aliphatic heterocycles. The van der Waals surface area contributed by atoms with Gasteiger partial charge in [-0.05, 0) is 86.9 Å². The molecule has 0 saturated heterocycles. The van der Waals surface area contributed by atoms with Crippen LogP contribution in [0.3, 0.4) is 0 Å². The van der Waals surface area contributed by atoms with Crippen LogP contribution in [0.25, 0.3) is 10.9 Å². The van der Waals surface area contributed by atoms with Crippen molar-refractivity contribution in [2.45, 2.75) is 101 Å². The number of likely N-dealkylation sites (N-methyl/N-ethyl adjacent to an activating group) is 1. The van der Waals surface area contributed by atoms with E-state index in [4.69, 9.17) is 35.4 Å². The number of carboxylic acids is 1. The lowest BCUT2D eigenvalue weighted by Gasteiger charge is -2.53. The van der Waals surface area contributed by atoms with Gasteiger partial charge >= 0.3 is 12.1 Å². The number of aliphatic carboxylic acids is 1. The molecule has 312 valence electrons. The monoisotopic (exact) mass is 795 g/mol. The molecule has 4 bridgehead atoms. The van der Waals surface area contributed by atoms with Gasteiger partial charge < -0.3 is 56.3 Å². The summed E-state index contributed by atoms with van der Waals surface area (Å²) in [6.45, 7) is 1.07.